The number of hydrogen-bond donors (Lipinski definition) is 0. The summed E-state index contributed by atoms with van der Waals surface area (Å²) < 4.78 is 0. The highest BCUT2D eigenvalue weighted by Gasteiger charge is 2.61. The SMILES string of the molecule is O=C1C2(c3ccccc3)CN(Cc3ccccc3)CC1(c1ccccc1)CN(Cc1ccccc1)C2. The van der Waals surface area contributed by atoms with E-state index in [1.54, 1.807) is 0 Å². The predicted molar refractivity (Wildman–Crippen MR) is 145 cm³/mol. The van der Waals surface area contributed by atoms with Gasteiger partial charge in [-0.1, -0.05) is 121 Å². The number of carbonyl (C=O) groups excluding carboxylic acids is 1. The number of rotatable bonds is 6. The van der Waals surface area contributed by atoms with Crippen LogP contribution < -0.4 is 0 Å². The van der Waals surface area contributed by atoms with Crippen molar-refractivity contribution in [3.8, 4) is 0 Å². The molecule has 0 N–H and O–H groups in total. The van der Waals surface area contributed by atoms with Crippen molar-refractivity contribution in [2.24, 2.45) is 0 Å². The van der Waals surface area contributed by atoms with Gasteiger partial charge in [-0.15, -0.1) is 0 Å². The molecule has 4 aromatic carbocycles. The van der Waals surface area contributed by atoms with Gasteiger partial charge in [0.05, 0.1) is 10.8 Å². The molecule has 0 unspecified atom stereocenters. The molecule has 6 rings (SSSR count). The van der Waals surface area contributed by atoms with Crippen molar-refractivity contribution in [3.63, 3.8) is 0 Å². The molecule has 2 saturated heterocycles. The van der Waals surface area contributed by atoms with Crippen LogP contribution in [0.3, 0.4) is 0 Å². The third kappa shape index (κ3) is 4.09. The van der Waals surface area contributed by atoms with E-state index < -0.39 is 10.8 Å². The molecule has 2 heterocycles. The Labute approximate surface area is 214 Å². The predicted octanol–water partition coefficient (Wildman–Crippen LogP) is 5.46. The summed E-state index contributed by atoms with van der Waals surface area (Å²) in [6.45, 7) is 4.59. The molecule has 0 saturated carbocycles. The largest absolute Gasteiger partial charge is 0.297 e. The first kappa shape index (κ1) is 22.9. The van der Waals surface area contributed by atoms with E-state index in [2.05, 4.69) is 119 Å². The van der Waals surface area contributed by atoms with Gasteiger partial charge in [0.2, 0.25) is 0 Å². The fourth-order valence-electron chi connectivity index (χ4n) is 6.53. The lowest BCUT2D eigenvalue weighted by Gasteiger charge is -2.58. The van der Waals surface area contributed by atoms with E-state index in [-0.39, 0.29) is 0 Å². The van der Waals surface area contributed by atoms with Gasteiger partial charge in [0.15, 0.2) is 5.78 Å². The molecule has 3 heteroatoms. The zero-order valence-corrected chi connectivity index (χ0v) is 20.6. The van der Waals surface area contributed by atoms with Gasteiger partial charge in [0.1, 0.15) is 0 Å². The van der Waals surface area contributed by atoms with E-state index in [0.717, 1.165) is 50.4 Å². The minimum atomic E-state index is -0.586. The second-order valence-electron chi connectivity index (χ2n) is 10.5. The number of hydrogen-bond acceptors (Lipinski definition) is 3. The first-order valence-electron chi connectivity index (χ1n) is 12.9. The van der Waals surface area contributed by atoms with Gasteiger partial charge in [-0.05, 0) is 22.3 Å². The van der Waals surface area contributed by atoms with Crippen LogP contribution in [0.25, 0.3) is 0 Å². The molecule has 3 nitrogen and oxygen atoms in total. The molecule has 0 aromatic heterocycles. The van der Waals surface area contributed by atoms with Crippen LogP contribution in [0, 0.1) is 0 Å². The van der Waals surface area contributed by atoms with Gasteiger partial charge in [0, 0.05) is 39.3 Å². The van der Waals surface area contributed by atoms with Gasteiger partial charge in [0.25, 0.3) is 0 Å². The topological polar surface area (TPSA) is 23.6 Å². The lowest BCUT2D eigenvalue weighted by atomic mass is 9.57. The number of piperidine rings is 2. The van der Waals surface area contributed by atoms with Gasteiger partial charge < -0.3 is 0 Å². The minimum Gasteiger partial charge on any atom is -0.297 e. The van der Waals surface area contributed by atoms with Crippen molar-refractivity contribution in [1.29, 1.82) is 0 Å². The zero-order valence-electron chi connectivity index (χ0n) is 20.6. The summed E-state index contributed by atoms with van der Waals surface area (Å²) in [7, 11) is 0. The van der Waals surface area contributed by atoms with Crippen molar-refractivity contribution in [2.75, 3.05) is 26.2 Å². The molecule has 36 heavy (non-hydrogen) atoms. The fourth-order valence-corrected chi connectivity index (χ4v) is 6.53. The van der Waals surface area contributed by atoms with E-state index in [0.29, 0.717) is 5.78 Å². The molecule has 0 radical (unpaired) electrons. The third-order valence-corrected chi connectivity index (χ3v) is 7.99. The normalized spacial score (nSPS) is 24.5. The summed E-state index contributed by atoms with van der Waals surface area (Å²) in [6.07, 6.45) is 0. The van der Waals surface area contributed by atoms with Crippen LogP contribution in [0.4, 0.5) is 0 Å². The Balaban J connectivity index is 1.48. The van der Waals surface area contributed by atoms with Gasteiger partial charge in [-0.3, -0.25) is 14.6 Å². The van der Waals surface area contributed by atoms with Crippen molar-refractivity contribution in [2.45, 2.75) is 23.9 Å². The summed E-state index contributed by atoms with van der Waals surface area (Å²) in [4.78, 5) is 19.8. The summed E-state index contributed by atoms with van der Waals surface area (Å²) in [5, 5.41) is 0. The number of carbonyl (C=O) groups is 1. The first-order valence-corrected chi connectivity index (χ1v) is 12.9. The minimum absolute atomic E-state index is 0.376. The highest BCUT2D eigenvalue weighted by atomic mass is 16.1. The molecule has 2 bridgehead atoms. The van der Waals surface area contributed by atoms with Crippen LogP contribution in [-0.2, 0) is 28.7 Å². The van der Waals surface area contributed by atoms with E-state index in [9.17, 15) is 4.79 Å². The standard InChI is InChI=1S/C33H32N2O/c36-31-32(29-17-9-3-10-18-29)23-34(21-27-13-5-1-6-14-27)24-33(31,30-19-11-4-12-20-30)26-35(25-32)22-28-15-7-2-8-16-28/h1-20H,21-26H2. The quantitative estimate of drug-likeness (QED) is 0.372. The molecule has 2 aliphatic heterocycles. The third-order valence-electron chi connectivity index (χ3n) is 7.99. The Kier molecular flexibility index (Phi) is 6.04. The van der Waals surface area contributed by atoms with Crippen LogP contribution in [-0.4, -0.2) is 41.8 Å². The molecule has 0 spiro atoms. The average Bonchev–Trinajstić information content (AvgIpc) is 2.92. The fraction of sp³-hybridized carbons (Fsp3) is 0.242. The van der Waals surface area contributed by atoms with Gasteiger partial charge >= 0.3 is 0 Å². The van der Waals surface area contributed by atoms with Crippen molar-refractivity contribution in [1.82, 2.24) is 9.80 Å². The number of fused-ring (bicyclic) bond motifs is 2. The van der Waals surface area contributed by atoms with Crippen LogP contribution in [0.2, 0.25) is 0 Å². The maximum absolute atomic E-state index is 14.8. The molecule has 2 fully saturated rings. The van der Waals surface area contributed by atoms with Crippen LogP contribution in [0.5, 0.6) is 0 Å². The molecule has 0 amide bonds. The van der Waals surface area contributed by atoms with Crippen LogP contribution >= 0.6 is 0 Å². The Morgan fingerprint density at radius 1 is 0.472 bits per heavy atom. The Morgan fingerprint density at radius 2 is 0.778 bits per heavy atom. The van der Waals surface area contributed by atoms with Crippen LogP contribution in [0.15, 0.2) is 121 Å². The van der Waals surface area contributed by atoms with E-state index in [1.165, 1.54) is 11.1 Å². The van der Waals surface area contributed by atoms with Gasteiger partial charge in [-0.25, -0.2) is 0 Å². The number of Topliss-reactive ketones (excluding diaryl/α,β-unsaturated/α-hetero) is 1. The maximum Gasteiger partial charge on any atom is 0.159 e. The number of ketones is 1. The Morgan fingerprint density at radius 3 is 1.11 bits per heavy atom. The Hall–Kier alpha value is -3.53. The van der Waals surface area contributed by atoms with Crippen molar-refractivity contribution >= 4 is 5.78 Å². The molecular formula is C33H32N2O. The van der Waals surface area contributed by atoms with E-state index in [1.807, 2.05) is 12.1 Å². The maximum atomic E-state index is 14.8. The zero-order chi connectivity index (χ0) is 24.4. The number of likely N-dealkylation sites (tertiary alicyclic amines) is 2. The first-order chi connectivity index (χ1) is 17.7. The second kappa shape index (κ2) is 9.50. The van der Waals surface area contributed by atoms with Crippen molar-refractivity contribution < 1.29 is 4.79 Å². The van der Waals surface area contributed by atoms with Gasteiger partial charge in [-0.2, -0.15) is 0 Å². The van der Waals surface area contributed by atoms with E-state index in [4.69, 9.17) is 0 Å². The summed E-state index contributed by atoms with van der Waals surface area (Å²) >= 11 is 0. The molecule has 2 aliphatic rings. The molecular weight excluding hydrogens is 440 g/mol. The number of nitrogens with zero attached hydrogens (tertiary/aromatic N) is 2. The smallest absolute Gasteiger partial charge is 0.159 e. The average molecular weight is 473 g/mol. The monoisotopic (exact) mass is 472 g/mol. The highest BCUT2D eigenvalue weighted by molar-refractivity contribution is 6.01. The molecule has 0 aliphatic carbocycles. The van der Waals surface area contributed by atoms with Crippen molar-refractivity contribution in [3.05, 3.63) is 144 Å². The lowest BCUT2D eigenvalue weighted by molar-refractivity contribution is -0.145. The second-order valence-corrected chi connectivity index (χ2v) is 10.5. The molecule has 4 aromatic rings. The molecule has 180 valence electrons. The summed E-state index contributed by atoms with van der Waals surface area (Å²) in [5.41, 5.74) is 3.67. The summed E-state index contributed by atoms with van der Waals surface area (Å²) in [6, 6.07) is 42.4. The molecule has 0 atom stereocenters. The van der Waals surface area contributed by atoms with E-state index >= 15 is 0 Å². The number of benzene rings is 4. The summed E-state index contributed by atoms with van der Waals surface area (Å²) in [5.74, 6) is 0.376. The Bertz CT molecular complexity index is 1190. The van der Waals surface area contributed by atoms with Crippen LogP contribution in [0.1, 0.15) is 22.3 Å². The lowest BCUT2D eigenvalue weighted by Crippen LogP contribution is -2.73. The highest BCUT2D eigenvalue weighted by Crippen LogP contribution is 2.47.